The summed E-state index contributed by atoms with van der Waals surface area (Å²) in [7, 11) is 0. The Labute approximate surface area is 99.7 Å². The monoisotopic (exact) mass is 248 g/mol. The lowest BCUT2D eigenvalue weighted by atomic mass is 10.3. The van der Waals surface area contributed by atoms with E-state index in [0.29, 0.717) is 0 Å². The van der Waals surface area contributed by atoms with Crippen LogP contribution in [0.25, 0.3) is 11.0 Å². The first-order valence-electron chi connectivity index (χ1n) is 5.03. The molecule has 3 aromatic rings. The van der Waals surface area contributed by atoms with Crippen molar-refractivity contribution in [3.05, 3.63) is 63.7 Å². The fourth-order valence-corrected chi connectivity index (χ4v) is 1.29. The van der Waals surface area contributed by atoms with E-state index in [9.17, 15) is 14.1 Å². The molecule has 0 saturated carbocycles. The van der Waals surface area contributed by atoms with Gasteiger partial charge in [-0.25, -0.2) is 9.78 Å². The molecule has 1 aromatic carbocycles. The van der Waals surface area contributed by atoms with Crippen LogP contribution in [0.3, 0.4) is 0 Å². The summed E-state index contributed by atoms with van der Waals surface area (Å²) >= 11 is 0. The molecule has 0 aliphatic rings. The zero-order valence-corrected chi connectivity index (χ0v) is 9.13. The molecule has 0 fully saturated rings. The third-order valence-corrected chi connectivity index (χ3v) is 2.13. The summed E-state index contributed by atoms with van der Waals surface area (Å²) in [6, 6.07) is 8.86. The van der Waals surface area contributed by atoms with E-state index in [4.69, 9.17) is 0 Å². The number of nitrogens with zero attached hydrogens (tertiary/aromatic N) is 2. The van der Waals surface area contributed by atoms with Gasteiger partial charge in [0, 0.05) is 12.3 Å². The van der Waals surface area contributed by atoms with E-state index in [0.717, 1.165) is 23.3 Å². The van der Waals surface area contributed by atoms with E-state index in [1.54, 1.807) is 6.33 Å². The molecule has 0 unspecified atom stereocenters. The Bertz CT molecular complexity index is 701. The highest BCUT2D eigenvalue weighted by Crippen LogP contribution is 2.05. The fraction of sp³-hybridized carbons (Fsp3) is 0. The number of hydrogen-bond acceptors (Lipinski definition) is 3. The maximum atomic E-state index is 12.0. The Morgan fingerprint density at radius 2 is 1.89 bits per heavy atom. The summed E-state index contributed by atoms with van der Waals surface area (Å²) < 4.78 is 12.0. The SMILES string of the molecule is O=c1cc[nH]c(=O)n1F.c1ccc2[nH]cnc2c1. The number of halogens is 1. The van der Waals surface area contributed by atoms with E-state index in [2.05, 4.69) is 9.97 Å². The van der Waals surface area contributed by atoms with Gasteiger partial charge < -0.3 is 9.97 Å². The standard InChI is InChI=1S/C7H6N2.C4H3FN2O2/c1-2-4-7-6(3-1)8-5-9-7;5-7-3(8)1-2-6-4(7)9/h1-5H,(H,8,9);1-2H,(H,6,9). The van der Waals surface area contributed by atoms with Crippen LogP contribution in [0, 0.1) is 0 Å². The molecule has 2 aromatic heterocycles. The van der Waals surface area contributed by atoms with Gasteiger partial charge >= 0.3 is 5.69 Å². The minimum Gasteiger partial charge on any atom is -0.345 e. The number of para-hydroxylation sites is 2. The number of rotatable bonds is 0. The maximum Gasteiger partial charge on any atom is 0.357 e. The van der Waals surface area contributed by atoms with E-state index in [1.807, 2.05) is 29.2 Å². The number of hydrogen-bond donors (Lipinski definition) is 2. The van der Waals surface area contributed by atoms with Crippen molar-refractivity contribution in [1.29, 1.82) is 0 Å². The average molecular weight is 248 g/mol. The minimum atomic E-state index is -1.05. The van der Waals surface area contributed by atoms with Crippen molar-refractivity contribution in [1.82, 2.24) is 19.7 Å². The molecule has 0 aliphatic heterocycles. The largest absolute Gasteiger partial charge is 0.357 e. The van der Waals surface area contributed by atoms with Crippen molar-refractivity contribution >= 4 is 11.0 Å². The first-order chi connectivity index (χ1) is 8.68. The Morgan fingerprint density at radius 1 is 1.11 bits per heavy atom. The number of fused-ring (bicyclic) bond motifs is 1. The van der Waals surface area contributed by atoms with Gasteiger partial charge in [-0.2, -0.15) is 0 Å². The summed E-state index contributed by atoms with van der Waals surface area (Å²) in [4.78, 5) is 28.9. The second kappa shape index (κ2) is 5.09. The highest BCUT2D eigenvalue weighted by molar-refractivity contribution is 5.73. The van der Waals surface area contributed by atoms with Crippen molar-refractivity contribution in [2.24, 2.45) is 0 Å². The fourth-order valence-electron chi connectivity index (χ4n) is 1.29. The summed E-state index contributed by atoms with van der Waals surface area (Å²) in [6.45, 7) is 0. The van der Waals surface area contributed by atoms with Crippen molar-refractivity contribution in [2.75, 3.05) is 0 Å². The molecule has 18 heavy (non-hydrogen) atoms. The first-order valence-corrected chi connectivity index (χ1v) is 5.03. The number of aromatic amines is 2. The molecule has 2 heterocycles. The summed E-state index contributed by atoms with van der Waals surface area (Å²) in [6.07, 6.45) is 2.78. The normalized spacial score (nSPS) is 9.83. The van der Waals surface area contributed by atoms with Crippen molar-refractivity contribution < 1.29 is 4.48 Å². The molecular formula is C11H9FN4O2. The number of H-pyrrole nitrogens is 2. The Hall–Kier alpha value is -2.70. The highest BCUT2D eigenvalue weighted by Gasteiger charge is 1.93. The van der Waals surface area contributed by atoms with Crippen LogP contribution in [0.4, 0.5) is 4.48 Å². The topological polar surface area (TPSA) is 83.5 Å². The summed E-state index contributed by atoms with van der Waals surface area (Å²) in [5, 5.41) is 0. The van der Waals surface area contributed by atoms with E-state index < -0.39 is 16.0 Å². The van der Waals surface area contributed by atoms with Gasteiger partial charge in [-0.05, 0) is 12.1 Å². The van der Waals surface area contributed by atoms with Gasteiger partial charge in [0.05, 0.1) is 17.4 Å². The van der Waals surface area contributed by atoms with Crippen LogP contribution in [-0.2, 0) is 0 Å². The van der Waals surface area contributed by atoms with Gasteiger partial charge in [-0.3, -0.25) is 4.79 Å². The molecule has 92 valence electrons. The number of aromatic nitrogens is 4. The van der Waals surface area contributed by atoms with Crippen molar-refractivity contribution in [3.63, 3.8) is 0 Å². The number of imidazole rings is 1. The van der Waals surface area contributed by atoms with Gasteiger partial charge in [-0.15, -0.1) is 0 Å². The lowest BCUT2D eigenvalue weighted by Crippen LogP contribution is -2.28. The molecule has 2 N–H and O–H groups in total. The maximum absolute atomic E-state index is 12.0. The molecule has 0 aliphatic carbocycles. The molecule has 0 amide bonds. The molecule has 7 heteroatoms. The second-order valence-electron chi connectivity index (χ2n) is 3.32. The molecular weight excluding hydrogens is 239 g/mol. The zero-order valence-electron chi connectivity index (χ0n) is 9.13. The van der Waals surface area contributed by atoms with Gasteiger partial charge in [-0.1, -0.05) is 21.4 Å². The van der Waals surface area contributed by atoms with Gasteiger partial charge in [0.2, 0.25) is 0 Å². The van der Waals surface area contributed by atoms with Crippen LogP contribution >= 0.6 is 0 Å². The molecule has 6 nitrogen and oxygen atoms in total. The predicted molar refractivity (Wildman–Crippen MR) is 63.9 cm³/mol. The van der Waals surface area contributed by atoms with E-state index in [1.165, 1.54) is 0 Å². The lowest BCUT2D eigenvalue weighted by molar-refractivity contribution is 0.330. The number of nitrogens with one attached hydrogen (secondary N) is 2. The first kappa shape index (κ1) is 11.8. The number of benzene rings is 1. The zero-order chi connectivity index (χ0) is 13.0. The van der Waals surface area contributed by atoms with Crippen LogP contribution in [-0.4, -0.2) is 19.7 Å². The minimum absolute atomic E-state index is 0.500. The molecule has 0 atom stereocenters. The smallest absolute Gasteiger partial charge is 0.345 e. The molecule has 0 saturated heterocycles. The molecule has 0 spiro atoms. The summed E-state index contributed by atoms with van der Waals surface area (Å²) in [5.41, 5.74) is 0.108. The quantitative estimate of drug-likeness (QED) is 0.618. The van der Waals surface area contributed by atoms with Crippen molar-refractivity contribution in [3.8, 4) is 0 Å². The Kier molecular flexibility index (Phi) is 3.33. The average Bonchev–Trinajstić information content (AvgIpc) is 2.85. The molecule has 0 bridgehead atoms. The van der Waals surface area contributed by atoms with Crippen LogP contribution in [0.1, 0.15) is 0 Å². The Morgan fingerprint density at radius 3 is 2.56 bits per heavy atom. The van der Waals surface area contributed by atoms with Crippen LogP contribution < -0.4 is 11.2 Å². The van der Waals surface area contributed by atoms with Crippen LogP contribution in [0.5, 0.6) is 0 Å². The van der Waals surface area contributed by atoms with Gasteiger partial charge in [0.15, 0.2) is 0 Å². The molecule has 3 rings (SSSR count). The summed E-state index contributed by atoms with van der Waals surface area (Å²) in [5.74, 6) is 0. The lowest BCUT2D eigenvalue weighted by Gasteiger charge is -1.83. The predicted octanol–water partition coefficient (Wildman–Crippen LogP) is 0.832. The third-order valence-electron chi connectivity index (χ3n) is 2.13. The molecule has 0 radical (unpaired) electrons. The van der Waals surface area contributed by atoms with E-state index >= 15 is 0 Å². The van der Waals surface area contributed by atoms with E-state index in [-0.39, 0.29) is 0 Å². The van der Waals surface area contributed by atoms with Gasteiger partial charge in [0.25, 0.3) is 5.56 Å². The Balaban J connectivity index is 0.000000134. The second-order valence-corrected chi connectivity index (χ2v) is 3.32. The highest BCUT2D eigenvalue weighted by atomic mass is 19.2. The van der Waals surface area contributed by atoms with Crippen LogP contribution in [0.15, 0.2) is 52.4 Å². The van der Waals surface area contributed by atoms with Crippen molar-refractivity contribution in [2.45, 2.75) is 0 Å². The van der Waals surface area contributed by atoms with Gasteiger partial charge in [0.1, 0.15) is 0 Å². The third kappa shape index (κ3) is 2.51. The van der Waals surface area contributed by atoms with Crippen LogP contribution in [0.2, 0.25) is 0 Å².